The Morgan fingerprint density at radius 2 is 1.32 bits per heavy atom. The molecule has 0 spiro atoms. The first-order valence-electron chi connectivity index (χ1n) is 12.5. The maximum atomic E-state index is 9.65. The third kappa shape index (κ3) is 6.26. The molecule has 0 bridgehead atoms. The van der Waals surface area contributed by atoms with Crippen molar-refractivity contribution in [2.45, 2.75) is 17.0 Å². The molecule has 0 aliphatic carbocycles. The second kappa shape index (κ2) is 13.6. The summed E-state index contributed by atoms with van der Waals surface area (Å²) in [7, 11) is 0. The van der Waals surface area contributed by atoms with Crippen molar-refractivity contribution in [2.75, 3.05) is 19.7 Å². The minimum absolute atomic E-state index is 0.203. The number of benzene rings is 4. The molecule has 4 aromatic carbocycles. The lowest BCUT2D eigenvalue weighted by Crippen LogP contribution is -2.45. The van der Waals surface area contributed by atoms with E-state index in [4.69, 9.17) is 16.3 Å². The van der Waals surface area contributed by atoms with Gasteiger partial charge in [-0.3, -0.25) is 4.90 Å². The summed E-state index contributed by atoms with van der Waals surface area (Å²) in [5.41, 5.74) is 3.12. The zero-order valence-corrected chi connectivity index (χ0v) is 23.4. The third-order valence-electron chi connectivity index (χ3n) is 6.64. The molecule has 0 aliphatic rings. The van der Waals surface area contributed by atoms with Crippen LogP contribution in [-0.4, -0.2) is 30.6 Å². The lowest BCUT2D eigenvalue weighted by molar-refractivity contribution is -0.0206. The highest BCUT2D eigenvalue weighted by Crippen LogP contribution is 2.41. The predicted molar refractivity (Wildman–Crippen MR) is 159 cm³/mol. The number of hydrogen-bond acceptors (Lipinski definition) is 3. The molecule has 0 aliphatic heterocycles. The molecule has 0 N–H and O–H groups in total. The highest BCUT2D eigenvalue weighted by molar-refractivity contribution is 9.10. The van der Waals surface area contributed by atoms with Crippen molar-refractivity contribution in [3.05, 3.63) is 155 Å². The van der Waals surface area contributed by atoms with Gasteiger partial charge in [0.1, 0.15) is 5.60 Å². The fraction of sp³-hybridized carbons (Fsp3) is 0.182. The third-order valence-corrected chi connectivity index (χ3v) is 7.72. The molecule has 0 amide bonds. The number of ether oxygens (including phenoxy) is 1. The molecule has 4 aromatic rings. The van der Waals surface area contributed by atoms with E-state index in [1.165, 1.54) is 0 Å². The average molecular weight is 586 g/mol. The summed E-state index contributed by atoms with van der Waals surface area (Å²) < 4.78 is 8.09. The van der Waals surface area contributed by atoms with E-state index in [0.717, 1.165) is 26.7 Å². The summed E-state index contributed by atoms with van der Waals surface area (Å²) in [6, 6.07) is 40.7. The van der Waals surface area contributed by atoms with E-state index in [1.54, 1.807) is 6.08 Å². The first-order chi connectivity index (χ1) is 18.6. The van der Waals surface area contributed by atoms with Crippen LogP contribution in [0.5, 0.6) is 0 Å². The van der Waals surface area contributed by atoms with Gasteiger partial charge in [0.15, 0.2) is 0 Å². The molecule has 4 rings (SSSR count). The zero-order valence-electron chi connectivity index (χ0n) is 21.1. The molecule has 0 radical (unpaired) electrons. The molecule has 192 valence electrons. The summed E-state index contributed by atoms with van der Waals surface area (Å²) >= 11 is 10.7. The van der Waals surface area contributed by atoms with Crippen molar-refractivity contribution in [1.29, 1.82) is 5.26 Å². The van der Waals surface area contributed by atoms with Crippen LogP contribution in [0.2, 0.25) is 0 Å². The summed E-state index contributed by atoms with van der Waals surface area (Å²) in [4.78, 5) is 2.03. The van der Waals surface area contributed by atoms with Crippen LogP contribution in [-0.2, 0) is 10.3 Å². The summed E-state index contributed by atoms with van der Waals surface area (Å²) in [6.07, 6.45) is 1.80. The Kier molecular flexibility index (Phi) is 9.92. The van der Waals surface area contributed by atoms with Crippen molar-refractivity contribution in [2.24, 2.45) is 0 Å². The highest BCUT2D eigenvalue weighted by Gasteiger charge is 2.39. The molecular formula is C33H30BrClN2O. The molecule has 0 saturated heterocycles. The topological polar surface area (TPSA) is 36.3 Å². The number of hydrogen-bond donors (Lipinski definition) is 0. The van der Waals surface area contributed by atoms with Crippen LogP contribution < -0.4 is 0 Å². The minimum Gasteiger partial charge on any atom is -0.359 e. The molecule has 0 heterocycles. The van der Waals surface area contributed by atoms with E-state index in [1.807, 2.05) is 83.8 Å². The van der Waals surface area contributed by atoms with E-state index in [2.05, 4.69) is 65.0 Å². The molecule has 1 unspecified atom stereocenters. The largest absolute Gasteiger partial charge is 0.359 e. The normalized spacial score (nSPS) is 13.0. The molecular weight excluding hydrogens is 556 g/mol. The van der Waals surface area contributed by atoms with Gasteiger partial charge in [-0.25, -0.2) is 0 Å². The second-order valence-electron chi connectivity index (χ2n) is 8.99. The Balaban J connectivity index is 1.83. The number of nitrogens with zero attached hydrogens (tertiary/aromatic N) is 2. The molecule has 3 nitrogen and oxygen atoms in total. The molecule has 5 heteroatoms. The van der Waals surface area contributed by atoms with Gasteiger partial charge >= 0.3 is 0 Å². The molecule has 0 aromatic heterocycles. The van der Waals surface area contributed by atoms with E-state index < -0.39 is 11.0 Å². The standard InChI is InChI=1S/C33H30BrClN2O/c1-2-23-37(24-22-36)31(32(35)26-18-20-30(34)21-19-26)25-38-33(27-12-6-3-7-13-27,28-14-8-4-9-15-28)29-16-10-5-11-17-29/h2-21,31-32H,1,23-25H2/t31?,32-/m0/s1. The second-order valence-corrected chi connectivity index (χ2v) is 10.4. The predicted octanol–water partition coefficient (Wildman–Crippen LogP) is 8.12. The number of halogens is 2. The number of nitriles is 1. The summed E-state index contributed by atoms with van der Waals surface area (Å²) in [5, 5.41) is 9.23. The van der Waals surface area contributed by atoms with E-state index in [0.29, 0.717) is 6.54 Å². The Bertz CT molecular complexity index is 1230. The summed E-state index contributed by atoms with van der Waals surface area (Å²) in [6.45, 7) is 4.91. The molecule has 38 heavy (non-hydrogen) atoms. The quantitative estimate of drug-likeness (QED) is 0.0729. The maximum absolute atomic E-state index is 9.65. The summed E-state index contributed by atoms with van der Waals surface area (Å²) in [5.74, 6) is 0. The SMILES string of the molecule is C=CCN(CC#N)C(COC(c1ccccc1)(c1ccccc1)c1ccccc1)[C@@H](Cl)c1ccc(Br)cc1. The van der Waals surface area contributed by atoms with Crippen molar-refractivity contribution >= 4 is 27.5 Å². The Hall–Kier alpha value is -3.20. The van der Waals surface area contributed by atoms with Crippen LogP contribution in [0.25, 0.3) is 0 Å². The van der Waals surface area contributed by atoms with Gasteiger partial charge in [-0.2, -0.15) is 5.26 Å². The Labute approximate surface area is 239 Å². The fourth-order valence-corrected chi connectivity index (χ4v) is 5.44. The molecule has 0 saturated carbocycles. The maximum Gasteiger partial charge on any atom is 0.143 e. The van der Waals surface area contributed by atoms with Gasteiger partial charge in [0.05, 0.1) is 30.6 Å². The lowest BCUT2D eigenvalue weighted by Gasteiger charge is -2.40. The van der Waals surface area contributed by atoms with Crippen molar-refractivity contribution in [1.82, 2.24) is 4.90 Å². The minimum atomic E-state index is -0.884. The average Bonchev–Trinajstić information content (AvgIpc) is 2.97. The number of alkyl halides is 1. The highest BCUT2D eigenvalue weighted by atomic mass is 79.9. The first-order valence-corrected chi connectivity index (χ1v) is 13.7. The van der Waals surface area contributed by atoms with Crippen LogP contribution in [0.4, 0.5) is 0 Å². The van der Waals surface area contributed by atoms with E-state index in [-0.39, 0.29) is 19.2 Å². The van der Waals surface area contributed by atoms with Gasteiger partial charge < -0.3 is 4.74 Å². The van der Waals surface area contributed by atoms with Gasteiger partial charge in [0, 0.05) is 11.0 Å². The van der Waals surface area contributed by atoms with Crippen LogP contribution in [0.3, 0.4) is 0 Å². The van der Waals surface area contributed by atoms with Crippen molar-refractivity contribution in [3.8, 4) is 6.07 Å². The van der Waals surface area contributed by atoms with Crippen LogP contribution in [0, 0.1) is 11.3 Å². The van der Waals surface area contributed by atoms with Crippen molar-refractivity contribution < 1.29 is 4.74 Å². The fourth-order valence-electron chi connectivity index (χ4n) is 4.80. The van der Waals surface area contributed by atoms with Crippen molar-refractivity contribution in [3.63, 3.8) is 0 Å². The van der Waals surface area contributed by atoms with Crippen LogP contribution in [0.1, 0.15) is 27.6 Å². The van der Waals surface area contributed by atoms with E-state index in [9.17, 15) is 5.26 Å². The van der Waals surface area contributed by atoms with Crippen LogP contribution in [0.15, 0.2) is 132 Å². The van der Waals surface area contributed by atoms with Gasteiger partial charge in [-0.15, -0.1) is 18.2 Å². The smallest absolute Gasteiger partial charge is 0.143 e. The monoisotopic (exact) mass is 584 g/mol. The first kappa shape index (κ1) is 27.8. The van der Waals surface area contributed by atoms with E-state index >= 15 is 0 Å². The van der Waals surface area contributed by atoms with Gasteiger partial charge in [0.25, 0.3) is 0 Å². The van der Waals surface area contributed by atoms with Gasteiger partial charge in [-0.1, -0.05) is 125 Å². The Morgan fingerprint density at radius 1 is 0.842 bits per heavy atom. The molecule has 0 fully saturated rings. The van der Waals surface area contributed by atoms with Crippen LogP contribution >= 0.6 is 27.5 Å². The Morgan fingerprint density at radius 3 is 1.74 bits per heavy atom. The number of rotatable bonds is 12. The lowest BCUT2D eigenvalue weighted by atomic mass is 9.80. The van der Waals surface area contributed by atoms with Gasteiger partial charge in [-0.05, 0) is 34.4 Å². The molecule has 2 atom stereocenters. The van der Waals surface area contributed by atoms with Gasteiger partial charge in [0.2, 0.25) is 0 Å². The zero-order chi connectivity index (χ0) is 26.8.